The molecule has 0 unspecified atom stereocenters. The molecule has 0 aliphatic heterocycles. The highest BCUT2D eigenvalue weighted by molar-refractivity contribution is 7.91. The number of methoxy groups -OCH3 is 1. The molecular formula is C10H14N2O4S2. The summed E-state index contributed by atoms with van der Waals surface area (Å²) in [5, 5.41) is 0. The summed E-state index contributed by atoms with van der Waals surface area (Å²) in [6, 6.07) is 0. The predicted molar refractivity (Wildman–Crippen MR) is 68.1 cm³/mol. The van der Waals surface area contributed by atoms with Gasteiger partial charge in [-0.25, -0.2) is 18.2 Å². The molecule has 0 aromatic carbocycles. The Morgan fingerprint density at radius 2 is 2.22 bits per heavy atom. The number of carbonyl (C=O) groups excluding carboxylic acids is 1. The summed E-state index contributed by atoms with van der Waals surface area (Å²) in [4.78, 5) is 15.1. The normalized spacial score (nSPS) is 11.6. The Morgan fingerprint density at radius 3 is 2.72 bits per heavy atom. The average Bonchev–Trinajstić information content (AvgIpc) is 2.76. The van der Waals surface area contributed by atoms with Crippen LogP contribution in [0.4, 0.5) is 0 Å². The van der Waals surface area contributed by atoms with Gasteiger partial charge in [-0.2, -0.15) is 4.31 Å². The number of aromatic nitrogens is 1. The highest BCUT2D eigenvalue weighted by Crippen LogP contribution is 2.24. The van der Waals surface area contributed by atoms with Gasteiger partial charge in [0.1, 0.15) is 0 Å². The van der Waals surface area contributed by atoms with Crippen LogP contribution < -0.4 is 0 Å². The van der Waals surface area contributed by atoms with E-state index in [0.29, 0.717) is 5.57 Å². The second-order valence-corrected chi connectivity index (χ2v) is 6.79. The molecule has 6 nitrogen and oxygen atoms in total. The molecule has 0 bridgehead atoms. The Bertz CT molecular complexity index is 562. The first kappa shape index (κ1) is 14.8. The molecule has 0 atom stereocenters. The smallest absolute Gasteiger partial charge is 0.358 e. The SMILES string of the molecule is C=C(C)CN(C)S(=O)(=O)c1scnc1C(=O)OC. The lowest BCUT2D eigenvalue weighted by Crippen LogP contribution is -2.29. The van der Waals surface area contributed by atoms with Crippen LogP contribution in [0.5, 0.6) is 0 Å². The fourth-order valence-corrected chi connectivity index (χ4v) is 3.81. The monoisotopic (exact) mass is 290 g/mol. The van der Waals surface area contributed by atoms with Crippen LogP contribution >= 0.6 is 11.3 Å². The lowest BCUT2D eigenvalue weighted by molar-refractivity contribution is 0.0590. The Balaban J connectivity index is 3.17. The van der Waals surface area contributed by atoms with Crippen molar-refractivity contribution in [2.24, 2.45) is 0 Å². The summed E-state index contributed by atoms with van der Waals surface area (Å²) in [5.74, 6) is -0.765. The van der Waals surface area contributed by atoms with Crippen LogP contribution in [0, 0.1) is 0 Å². The molecule has 8 heteroatoms. The molecule has 1 aromatic heterocycles. The maximum Gasteiger partial charge on any atom is 0.358 e. The van der Waals surface area contributed by atoms with Gasteiger partial charge in [-0.15, -0.1) is 11.3 Å². The summed E-state index contributed by atoms with van der Waals surface area (Å²) < 4.78 is 29.9. The van der Waals surface area contributed by atoms with E-state index in [-0.39, 0.29) is 16.4 Å². The van der Waals surface area contributed by atoms with Gasteiger partial charge in [0, 0.05) is 13.6 Å². The second-order valence-electron chi connectivity index (χ2n) is 3.70. The third-order valence-electron chi connectivity index (χ3n) is 2.05. The first-order valence-electron chi connectivity index (χ1n) is 4.93. The molecular weight excluding hydrogens is 276 g/mol. The van der Waals surface area contributed by atoms with E-state index in [2.05, 4.69) is 16.3 Å². The van der Waals surface area contributed by atoms with E-state index in [0.717, 1.165) is 15.6 Å². The van der Waals surface area contributed by atoms with E-state index in [1.165, 1.54) is 19.7 Å². The van der Waals surface area contributed by atoms with Gasteiger partial charge >= 0.3 is 5.97 Å². The van der Waals surface area contributed by atoms with E-state index in [1.807, 2.05) is 0 Å². The van der Waals surface area contributed by atoms with Gasteiger partial charge in [0.25, 0.3) is 10.0 Å². The van der Waals surface area contributed by atoms with Gasteiger partial charge in [0.2, 0.25) is 0 Å². The van der Waals surface area contributed by atoms with Crippen LogP contribution in [0.1, 0.15) is 17.4 Å². The lowest BCUT2D eigenvalue weighted by atomic mass is 10.4. The number of hydrogen-bond donors (Lipinski definition) is 0. The Morgan fingerprint density at radius 1 is 1.61 bits per heavy atom. The Labute approximate surface area is 110 Å². The van der Waals surface area contributed by atoms with Crippen LogP contribution in [-0.4, -0.2) is 44.4 Å². The molecule has 1 rings (SSSR count). The van der Waals surface area contributed by atoms with Crippen molar-refractivity contribution in [3.8, 4) is 0 Å². The van der Waals surface area contributed by atoms with Crippen LogP contribution in [0.25, 0.3) is 0 Å². The summed E-state index contributed by atoms with van der Waals surface area (Å²) in [7, 11) is -1.15. The van der Waals surface area contributed by atoms with Gasteiger partial charge < -0.3 is 4.74 Å². The van der Waals surface area contributed by atoms with E-state index in [1.54, 1.807) is 6.92 Å². The van der Waals surface area contributed by atoms with Gasteiger partial charge in [-0.1, -0.05) is 12.2 Å². The van der Waals surface area contributed by atoms with E-state index in [9.17, 15) is 13.2 Å². The molecule has 18 heavy (non-hydrogen) atoms. The third kappa shape index (κ3) is 2.95. The number of sulfonamides is 1. The molecule has 1 aromatic rings. The van der Waals surface area contributed by atoms with Crippen molar-refractivity contribution in [3.05, 3.63) is 23.4 Å². The van der Waals surface area contributed by atoms with Crippen molar-refractivity contribution in [2.75, 3.05) is 20.7 Å². The summed E-state index contributed by atoms with van der Waals surface area (Å²) >= 11 is 0.884. The van der Waals surface area contributed by atoms with Crippen molar-refractivity contribution in [1.82, 2.24) is 9.29 Å². The van der Waals surface area contributed by atoms with Crippen LogP contribution in [0.2, 0.25) is 0 Å². The molecule has 0 aliphatic rings. The molecule has 0 N–H and O–H groups in total. The predicted octanol–water partition coefficient (Wildman–Crippen LogP) is 1.13. The number of thiazole rings is 1. The first-order chi connectivity index (χ1) is 8.30. The molecule has 0 spiro atoms. The van der Waals surface area contributed by atoms with Gasteiger partial charge in [0.15, 0.2) is 9.90 Å². The quantitative estimate of drug-likeness (QED) is 0.600. The summed E-state index contributed by atoms with van der Waals surface area (Å²) in [6.07, 6.45) is 0. The topological polar surface area (TPSA) is 76.6 Å². The maximum atomic E-state index is 12.2. The summed E-state index contributed by atoms with van der Waals surface area (Å²) in [5.41, 5.74) is 1.81. The maximum absolute atomic E-state index is 12.2. The highest BCUT2D eigenvalue weighted by Gasteiger charge is 2.29. The van der Waals surface area contributed by atoms with Crippen LogP contribution in [0.15, 0.2) is 21.9 Å². The van der Waals surface area contributed by atoms with E-state index < -0.39 is 16.0 Å². The van der Waals surface area contributed by atoms with Crippen LogP contribution in [-0.2, 0) is 14.8 Å². The van der Waals surface area contributed by atoms with Gasteiger partial charge in [-0.05, 0) is 6.92 Å². The average molecular weight is 290 g/mol. The largest absolute Gasteiger partial charge is 0.464 e. The molecule has 0 radical (unpaired) electrons. The van der Waals surface area contributed by atoms with E-state index >= 15 is 0 Å². The minimum Gasteiger partial charge on any atom is -0.464 e. The minimum atomic E-state index is -3.75. The number of hydrogen-bond acceptors (Lipinski definition) is 6. The Hall–Kier alpha value is -1.25. The van der Waals surface area contributed by atoms with Gasteiger partial charge in [-0.3, -0.25) is 0 Å². The molecule has 0 aliphatic carbocycles. The zero-order valence-corrected chi connectivity index (χ0v) is 12.0. The minimum absolute atomic E-state index is 0.113. The van der Waals surface area contributed by atoms with Crippen molar-refractivity contribution < 1.29 is 17.9 Å². The molecule has 0 saturated carbocycles. The van der Waals surface area contributed by atoms with Crippen molar-refractivity contribution in [3.63, 3.8) is 0 Å². The molecule has 0 fully saturated rings. The van der Waals surface area contributed by atoms with Crippen molar-refractivity contribution >= 4 is 27.3 Å². The van der Waals surface area contributed by atoms with Gasteiger partial charge in [0.05, 0.1) is 12.6 Å². The number of likely N-dealkylation sites (N-methyl/N-ethyl adjacent to an activating group) is 1. The third-order valence-corrected chi connectivity index (χ3v) is 5.20. The number of esters is 1. The highest BCUT2D eigenvalue weighted by atomic mass is 32.2. The number of nitrogens with zero attached hydrogens (tertiary/aromatic N) is 2. The standard InChI is InChI=1S/C10H14N2O4S2/c1-7(2)5-12(3)18(14,15)10-8(9(13)16-4)11-6-17-10/h6H,1,5H2,2-4H3. The molecule has 0 amide bonds. The number of rotatable bonds is 5. The van der Waals surface area contributed by atoms with Crippen LogP contribution in [0.3, 0.4) is 0 Å². The zero-order chi connectivity index (χ0) is 13.9. The molecule has 0 saturated heterocycles. The zero-order valence-electron chi connectivity index (χ0n) is 10.3. The number of ether oxygens (including phenoxy) is 1. The second kappa shape index (κ2) is 5.59. The molecule has 100 valence electrons. The Kier molecular flexibility index (Phi) is 4.60. The first-order valence-corrected chi connectivity index (χ1v) is 7.25. The fraction of sp³-hybridized carbons (Fsp3) is 0.400. The van der Waals surface area contributed by atoms with Crippen molar-refractivity contribution in [2.45, 2.75) is 11.1 Å². The summed E-state index contributed by atoms with van der Waals surface area (Å²) in [6.45, 7) is 5.56. The molecule has 1 heterocycles. The fourth-order valence-electron chi connectivity index (χ4n) is 1.26. The van der Waals surface area contributed by atoms with Crippen molar-refractivity contribution in [1.29, 1.82) is 0 Å². The number of carbonyl (C=O) groups is 1. The lowest BCUT2D eigenvalue weighted by Gasteiger charge is -2.16. The van der Waals surface area contributed by atoms with E-state index in [4.69, 9.17) is 0 Å².